The molecule has 2 aromatic heterocycles. The van der Waals surface area contributed by atoms with Gasteiger partial charge in [0, 0.05) is 44.7 Å². The van der Waals surface area contributed by atoms with Crippen molar-refractivity contribution in [3.05, 3.63) is 17.8 Å². The molecule has 4 rings (SSSR count). The van der Waals surface area contributed by atoms with Crippen LogP contribution in [0.2, 0.25) is 0 Å². The second-order valence-corrected chi connectivity index (χ2v) is 7.40. The number of likely N-dealkylation sites (N-methyl/N-ethyl adjacent to an activating group) is 1. The van der Waals surface area contributed by atoms with Crippen LogP contribution in [0.3, 0.4) is 0 Å². The summed E-state index contributed by atoms with van der Waals surface area (Å²) in [6.45, 7) is 2.98. The summed E-state index contributed by atoms with van der Waals surface area (Å²) in [5, 5.41) is 7.54. The van der Waals surface area contributed by atoms with Crippen molar-refractivity contribution in [1.82, 2.24) is 34.5 Å². The lowest BCUT2D eigenvalue weighted by Crippen LogP contribution is -2.31. The Morgan fingerprint density at radius 2 is 1.97 bits per heavy atom. The Balaban J connectivity index is 0.00000150. The summed E-state index contributed by atoms with van der Waals surface area (Å²) in [4.78, 5) is 11.3. The average Bonchev–Trinajstić information content (AvgIpc) is 3.11. The zero-order chi connectivity index (χ0) is 19.0. The summed E-state index contributed by atoms with van der Waals surface area (Å²) in [6.07, 6.45) is 0.0781. The molecule has 2 aliphatic rings. The second kappa shape index (κ2) is 9.63. The van der Waals surface area contributed by atoms with Gasteiger partial charge in [-0.2, -0.15) is 18.3 Å². The van der Waals surface area contributed by atoms with E-state index in [2.05, 4.69) is 25.3 Å². The lowest BCUT2D eigenvalue weighted by Gasteiger charge is -2.27. The number of nitrogens with zero attached hydrogens (tertiary/aromatic N) is 6. The minimum absolute atomic E-state index is 0. The summed E-state index contributed by atoms with van der Waals surface area (Å²) in [5.41, 5.74) is 0.471. The first-order valence-corrected chi connectivity index (χ1v) is 9.36. The molecule has 0 saturated carbocycles. The van der Waals surface area contributed by atoms with Crippen molar-refractivity contribution in [1.29, 1.82) is 0 Å². The highest BCUT2D eigenvalue weighted by molar-refractivity contribution is 5.85. The maximum atomic E-state index is 13.1. The molecule has 1 saturated heterocycles. The minimum Gasteiger partial charge on any atom is -0.333 e. The van der Waals surface area contributed by atoms with Gasteiger partial charge in [0.25, 0.3) is 0 Å². The van der Waals surface area contributed by atoms with Gasteiger partial charge in [0.05, 0.1) is 0 Å². The van der Waals surface area contributed by atoms with Crippen molar-refractivity contribution in [2.75, 3.05) is 33.2 Å². The second-order valence-electron chi connectivity index (χ2n) is 7.40. The molecule has 0 bridgehead atoms. The molecule has 1 fully saturated rings. The fraction of sp³-hybridized carbons (Fsp3) is 0.706. The first-order chi connectivity index (χ1) is 12.9. The van der Waals surface area contributed by atoms with Gasteiger partial charge in [-0.1, -0.05) is 0 Å². The van der Waals surface area contributed by atoms with Gasteiger partial charge in [-0.15, -0.1) is 24.8 Å². The minimum atomic E-state index is -4.36. The van der Waals surface area contributed by atoms with Gasteiger partial charge in [0.2, 0.25) is 0 Å². The maximum absolute atomic E-state index is 13.1. The summed E-state index contributed by atoms with van der Waals surface area (Å²) >= 11 is 0. The van der Waals surface area contributed by atoms with Gasteiger partial charge in [-0.05, 0) is 26.4 Å². The first kappa shape index (κ1) is 23.9. The number of aromatic nitrogens is 5. The van der Waals surface area contributed by atoms with Crippen molar-refractivity contribution in [2.45, 2.75) is 44.4 Å². The highest BCUT2D eigenvalue weighted by Gasteiger charge is 2.33. The van der Waals surface area contributed by atoms with Crippen LogP contribution in [0.1, 0.15) is 30.4 Å². The predicted octanol–water partition coefficient (Wildman–Crippen LogP) is 2.50. The number of likely N-dealkylation sites (tertiary alicyclic amines) is 1. The number of alkyl halides is 3. The van der Waals surface area contributed by atoms with E-state index in [1.54, 1.807) is 6.20 Å². The van der Waals surface area contributed by atoms with Crippen LogP contribution in [0.15, 0.2) is 6.20 Å². The van der Waals surface area contributed by atoms with Crippen LogP contribution in [0.25, 0.3) is 11.5 Å². The number of hydrogen-bond acceptors (Lipinski definition) is 5. The molecule has 2 aromatic rings. The van der Waals surface area contributed by atoms with E-state index in [9.17, 15) is 13.2 Å². The number of hydrogen-bond donors (Lipinski definition) is 1. The van der Waals surface area contributed by atoms with E-state index >= 15 is 0 Å². The van der Waals surface area contributed by atoms with Crippen LogP contribution in [0.4, 0.5) is 13.2 Å². The molecular formula is C17H26Cl2F3N7. The first-order valence-electron chi connectivity index (χ1n) is 9.36. The zero-order valence-corrected chi connectivity index (χ0v) is 17.8. The van der Waals surface area contributed by atoms with E-state index in [0.717, 1.165) is 62.5 Å². The topological polar surface area (TPSA) is 63.8 Å². The standard InChI is InChI=1S/C17H24F3N7.2ClH/c1-25-7-2-3-12(9-25)15-23-16(27(24-15)11-17(18,19)20)13-10-26-8-6-21-5-4-14(26)22-13;;/h10,12,21H,2-9,11H2,1H3;2*1H. The van der Waals surface area contributed by atoms with Crippen LogP contribution in [0, 0.1) is 0 Å². The van der Waals surface area contributed by atoms with Gasteiger partial charge < -0.3 is 14.8 Å². The number of halogens is 5. The van der Waals surface area contributed by atoms with E-state index in [4.69, 9.17) is 0 Å². The molecule has 7 nitrogen and oxygen atoms in total. The third kappa shape index (κ3) is 5.62. The molecule has 1 atom stereocenters. The number of piperidine rings is 1. The fourth-order valence-corrected chi connectivity index (χ4v) is 3.86. The Labute approximate surface area is 179 Å². The van der Waals surface area contributed by atoms with Crippen molar-refractivity contribution in [2.24, 2.45) is 0 Å². The summed E-state index contributed by atoms with van der Waals surface area (Å²) in [6, 6.07) is 0. The van der Waals surface area contributed by atoms with Crippen LogP contribution in [0.5, 0.6) is 0 Å². The summed E-state index contributed by atoms with van der Waals surface area (Å²) < 4.78 is 42.3. The van der Waals surface area contributed by atoms with E-state index in [1.807, 2.05) is 11.6 Å². The third-order valence-corrected chi connectivity index (χ3v) is 5.15. The van der Waals surface area contributed by atoms with E-state index in [0.29, 0.717) is 11.5 Å². The van der Waals surface area contributed by atoms with Gasteiger partial charge in [0.15, 0.2) is 11.6 Å². The molecule has 0 aliphatic carbocycles. The molecule has 29 heavy (non-hydrogen) atoms. The number of nitrogens with one attached hydrogen (secondary N) is 1. The normalized spacial score (nSPS) is 20.3. The number of fused-ring (bicyclic) bond motifs is 1. The van der Waals surface area contributed by atoms with Gasteiger partial charge in [0.1, 0.15) is 18.1 Å². The van der Waals surface area contributed by atoms with Crippen molar-refractivity contribution in [3.8, 4) is 11.5 Å². The van der Waals surface area contributed by atoms with E-state index in [1.165, 1.54) is 0 Å². The molecule has 4 heterocycles. The third-order valence-electron chi connectivity index (χ3n) is 5.15. The van der Waals surface area contributed by atoms with Crippen LogP contribution < -0.4 is 5.32 Å². The van der Waals surface area contributed by atoms with Crippen LogP contribution in [-0.2, 0) is 19.5 Å². The van der Waals surface area contributed by atoms with Crippen molar-refractivity contribution in [3.63, 3.8) is 0 Å². The number of rotatable bonds is 3. The SMILES string of the molecule is CN1CCCC(c2nc(-c3cn4c(n3)CCNCC4)n(CC(F)(F)F)n2)C1.Cl.Cl. The van der Waals surface area contributed by atoms with Crippen molar-refractivity contribution >= 4 is 24.8 Å². The molecular weight excluding hydrogens is 430 g/mol. The van der Waals surface area contributed by atoms with Crippen molar-refractivity contribution < 1.29 is 13.2 Å². The largest absolute Gasteiger partial charge is 0.408 e. The summed E-state index contributed by atoms with van der Waals surface area (Å²) in [5.74, 6) is 1.63. The average molecular weight is 456 g/mol. The van der Waals surface area contributed by atoms with E-state index in [-0.39, 0.29) is 36.6 Å². The lowest BCUT2D eigenvalue weighted by molar-refractivity contribution is -0.142. The molecule has 1 N–H and O–H groups in total. The van der Waals surface area contributed by atoms with Crippen LogP contribution >= 0.6 is 24.8 Å². The Morgan fingerprint density at radius 3 is 2.69 bits per heavy atom. The molecule has 2 aliphatic heterocycles. The Bertz CT molecular complexity index is 782. The Kier molecular flexibility index (Phi) is 7.94. The van der Waals surface area contributed by atoms with Gasteiger partial charge in [-0.25, -0.2) is 14.6 Å². The molecule has 12 heteroatoms. The maximum Gasteiger partial charge on any atom is 0.408 e. The predicted molar refractivity (Wildman–Crippen MR) is 108 cm³/mol. The fourth-order valence-electron chi connectivity index (χ4n) is 3.86. The molecule has 1 unspecified atom stereocenters. The Morgan fingerprint density at radius 1 is 1.17 bits per heavy atom. The molecule has 0 radical (unpaired) electrons. The molecule has 0 amide bonds. The van der Waals surface area contributed by atoms with Crippen LogP contribution in [-0.4, -0.2) is 68.6 Å². The molecule has 0 aromatic carbocycles. The lowest BCUT2D eigenvalue weighted by atomic mass is 9.98. The monoisotopic (exact) mass is 455 g/mol. The Hall–Kier alpha value is -1.36. The van der Waals surface area contributed by atoms with E-state index < -0.39 is 12.7 Å². The zero-order valence-electron chi connectivity index (χ0n) is 16.2. The van der Waals surface area contributed by atoms with Gasteiger partial charge >= 0.3 is 6.18 Å². The summed E-state index contributed by atoms with van der Waals surface area (Å²) in [7, 11) is 2.01. The highest BCUT2D eigenvalue weighted by Crippen LogP contribution is 2.28. The molecule has 0 spiro atoms. The van der Waals surface area contributed by atoms with Gasteiger partial charge in [-0.3, -0.25) is 0 Å². The smallest absolute Gasteiger partial charge is 0.333 e. The quantitative estimate of drug-likeness (QED) is 0.769. The number of imidazole rings is 1. The highest BCUT2D eigenvalue weighted by atomic mass is 35.5. The molecule has 164 valence electrons.